The highest BCUT2D eigenvalue weighted by molar-refractivity contribution is 7.89. The average Bonchev–Trinajstić information content (AvgIpc) is 3.12. The lowest BCUT2D eigenvalue weighted by molar-refractivity contribution is -0.133. The minimum atomic E-state index is -3.57. The van der Waals surface area contributed by atoms with Gasteiger partial charge < -0.3 is 5.32 Å². The summed E-state index contributed by atoms with van der Waals surface area (Å²) < 4.78 is 27.4. The van der Waals surface area contributed by atoms with Crippen LogP contribution in [0.3, 0.4) is 0 Å². The first-order valence-electron chi connectivity index (χ1n) is 9.96. The highest BCUT2D eigenvalue weighted by Gasteiger charge is 2.36. The zero-order valence-corrected chi connectivity index (χ0v) is 18.3. The second kappa shape index (κ2) is 8.04. The molecule has 2 saturated heterocycles. The Kier molecular flexibility index (Phi) is 6.03. The fourth-order valence-electron chi connectivity index (χ4n) is 3.67. The fraction of sp³-hybridized carbons (Fsp3) is 0.600. The molecule has 1 N–H and O–H groups in total. The number of carbonyl (C=O) groups excluding carboxylic acids is 2. The molecule has 0 radical (unpaired) electrons. The molecule has 160 valence electrons. The van der Waals surface area contributed by atoms with Gasteiger partial charge in [0.2, 0.25) is 15.9 Å². The number of piperazine rings is 1. The molecule has 0 saturated carbocycles. The normalized spacial score (nSPS) is 20.6. The van der Waals surface area contributed by atoms with Crippen molar-refractivity contribution in [2.45, 2.75) is 44.0 Å². The summed E-state index contributed by atoms with van der Waals surface area (Å²) in [5, 5.41) is 2.63. The third-order valence-electron chi connectivity index (χ3n) is 5.66. The van der Waals surface area contributed by atoms with E-state index in [1.54, 1.807) is 19.1 Å². The van der Waals surface area contributed by atoms with Crippen LogP contribution in [-0.4, -0.2) is 79.8 Å². The topological polar surface area (TPSA) is 90.0 Å². The zero-order valence-electron chi connectivity index (χ0n) is 17.5. The molecule has 2 aliphatic rings. The van der Waals surface area contributed by atoms with Crippen molar-refractivity contribution >= 4 is 22.0 Å². The van der Waals surface area contributed by atoms with Crippen LogP contribution in [0.25, 0.3) is 0 Å². The van der Waals surface area contributed by atoms with Gasteiger partial charge in [-0.1, -0.05) is 32.9 Å². The van der Waals surface area contributed by atoms with E-state index in [2.05, 4.69) is 26.1 Å². The van der Waals surface area contributed by atoms with Gasteiger partial charge in [0, 0.05) is 39.3 Å². The number of imide groups is 1. The van der Waals surface area contributed by atoms with Crippen LogP contribution in [0.5, 0.6) is 0 Å². The number of carbonyl (C=O) groups is 2. The van der Waals surface area contributed by atoms with Crippen LogP contribution in [0.15, 0.2) is 29.2 Å². The third-order valence-corrected chi connectivity index (χ3v) is 7.57. The summed E-state index contributed by atoms with van der Waals surface area (Å²) in [5.41, 5.74) is 1.04. The van der Waals surface area contributed by atoms with Gasteiger partial charge in [-0.05, 0) is 30.0 Å². The van der Waals surface area contributed by atoms with Gasteiger partial charge in [-0.25, -0.2) is 13.2 Å². The molecule has 9 heteroatoms. The van der Waals surface area contributed by atoms with Gasteiger partial charge in [-0.15, -0.1) is 0 Å². The predicted octanol–water partition coefficient (Wildman–Crippen LogP) is 1.23. The van der Waals surface area contributed by atoms with E-state index < -0.39 is 16.1 Å². The van der Waals surface area contributed by atoms with Gasteiger partial charge in [0.25, 0.3) is 0 Å². The SMILES string of the molecule is C[C@@H](C(=O)N1CCNC1=O)N1CCN(S(=O)(=O)c2ccc(C(C)(C)C)cc2)CC1. The molecule has 0 aliphatic carbocycles. The van der Waals surface area contributed by atoms with Crippen LogP contribution in [0.1, 0.15) is 33.3 Å². The standard InChI is InChI=1S/C20H30N4O4S/c1-15(18(25)24-10-9-21-19(24)26)22-11-13-23(14-12-22)29(27,28)17-7-5-16(6-8-17)20(2,3)4/h5-8,15H,9-14H2,1-4H3,(H,21,26)/t15-/m0/s1. The number of hydrogen-bond donors (Lipinski definition) is 1. The number of amides is 3. The number of nitrogens with one attached hydrogen (secondary N) is 1. The van der Waals surface area contributed by atoms with Gasteiger partial charge in [0.1, 0.15) is 0 Å². The molecule has 2 aliphatic heterocycles. The first-order valence-corrected chi connectivity index (χ1v) is 11.4. The minimum Gasteiger partial charge on any atom is -0.336 e. The minimum absolute atomic E-state index is 0.0389. The third kappa shape index (κ3) is 4.46. The van der Waals surface area contributed by atoms with E-state index in [4.69, 9.17) is 0 Å². The Bertz CT molecular complexity index is 869. The Morgan fingerprint density at radius 1 is 1.03 bits per heavy atom. The maximum Gasteiger partial charge on any atom is 0.324 e. The quantitative estimate of drug-likeness (QED) is 0.788. The van der Waals surface area contributed by atoms with Crippen molar-refractivity contribution in [1.29, 1.82) is 0 Å². The smallest absolute Gasteiger partial charge is 0.324 e. The monoisotopic (exact) mass is 422 g/mol. The Balaban J connectivity index is 1.63. The Morgan fingerprint density at radius 3 is 2.10 bits per heavy atom. The number of hydrogen-bond acceptors (Lipinski definition) is 5. The molecule has 1 atom stereocenters. The molecule has 0 spiro atoms. The van der Waals surface area contributed by atoms with Crippen molar-refractivity contribution in [3.05, 3.63) is 29.8 Å². The largest absolute Gasteiger partial charge is 0.336 e. The molecule has 2 fully saturated rings. The molecule has 3 amide bonds. The first-order chi connectivity index (χ1) is 13.5. The summed E-state index contributed by atoms with van der Waals surface area (Å²) in [5.74, 6) is -0.242. The van der Waals surface area contributed by atoms with Crippen LogP contribution in [0, 0.1) is 0 Å². The van der Waals surface area contributed by atoms with Crippen molar-refractivity contribution < 1.29 is 18.0 Å². The van der Waals surface area contributed by atoms with E-state index in [-0.39, 0.29) is 22.2 Å². The molecular formula is C20H30N4O4S. The number of nitrogens with zero attached hydrogens (tertiary/aromatic N) is 3. The molecule has 2 heterocycles. The van der Waals surface area contributed by atoms with Crippen molar-refractivity contribution in [3.8, 4) is 0 Å². The molecular weight excluding hydrogens is 392 g/mol. The van der Waals surface area contributed by atoms with E-state index in [1.165, 1.54) is 9.21 Å². The molecule has 1 aromatic rings. The highest BCUT2D eigenvalue weighted by atomic mass is 32.2. The van der Waals surface area contributed by atoms with Crippen molar-refractivity contribution in [1.82, 2.24) is 19.4 Å². The summed E-state index contributed by atoms with van der Waals surface area (Å²) in [6, 6.07) is 6.24. The lowest BCUT2D eigenvalue weighted by atomic mass is 9.87. The van der Waals surface area contributed by atoms with E-state index in [0.29, 0.717) is 39.3 Å². The molecule has 8 nitrogen and oxygen atoms in total. The van der Waals surface area contributed by atoms with E-state index in [1.807, 2.05) is 17.0 Å². The van der Waals surface area contributed by atoms with Crippen molar-refractivity contribution in [3.63, 3.8) is 0 Å². The van der Waals surface area contributed by atoms with Crippen LogP contribution in [-0.2, 0) is 20.2 Å². The van der Waals surface area contributed by atoms with Crippen LogP contribution >= 0.6 is 0 Å². The van der Waals surface area contributed by atoms with Gasteiger partial charge >= 0.3 is 6.03 Å². The van der Waals surface area contributed by atoms with Gasteiger partial charge in [0.05, 0.1) is 10.9 Å². The summed E-state index contributed by atoms with van der Waals surface area (Å²) in [7, 11) is -3.57. The Morgan fingerprint density at radius 2 is 1.62 bits per heavy atom. The summed E-state index contributed by atoms with van der Waals surface area (Å²) >= 11 is 0. The molecule has 1 aromatic carbocycles. The van der Waals surface area contributed by atoms with Gasteiger partial charge in [-0.2, -0.15) is 4.31 Å². The number of benzene rings is 1. The summed E-state index contributed by atoms with van der Waals surface area (Å²) in [6.45, 7) is 10.4. The lowest BCUT2D eigenvalue weighted by Gasteiger charge is -2.37. The van der Waals surface area contributed by atoms with Crippen LogP contribution in [0.4, 0.5) is 4.79 Å². The lowest BCUT2D eigenvalue weighted by Crippen LogP contribution is -2.55. The van der Waals surface area contributed by atoms with Gasteiger partial charge in [0.15, 0.2) is 0 Å². The molecule has 0 aromatic heterocycles. The zero-order chi connectivity index (χ0) is 21.4. The Labute approximate surface area is 172 Å². The average molecular weight is 423 g/mol. The summed E-state index contributed by atoms with van der Waals surface area (Å²) in [6.07, 6.45) is 0. The fourth-order valence-corrected chi connectivity index (χ4v) is 5.09. The highest BCUT2D eigenvalue weighted by Crippen LogP contribution is 2.25. The van der Waals surface area contributed by atoms with Crippen LogP contribution in [0.2, 0.25) is 0 Å². The number of sulfonamides is 1. The maximum atomic E-state index is 13.0. The maximum absolute atomic E-state index is 13.0. The van der Waals surface area contributed by atoms with E-state index in [0.717, 1.165) is 5.56 Å². The number of rotatable bonds is 4. The van der Waals surface area contributed by atoms with Gasteiger partial charge in [-0.3, -0.25) is 14.6 Å². The van der Waals surface area contributed by atoms with Crippen LogP contribution < -0.4 is 5.32 Å². The molecule has 0 bridgehead atoms. The molecule has 3 rings (SSSR count). The number of urea groups is 1. The van der Waals surface area contributed by atoms with E-state index >= 15 is 0 Å². The van der Waals surface area contributed by atoms with Crippen molar-refractivity contribution in [2.75, 3.05) is 39.3 Å². The molecule has 29 heavy (non-hydrogen) atoms. The summed E-state index contributed by atoms with van der Waals surface area (Å²) in [4.78, 5) is 27.7. The second-order valence-electron chi connectivity index (χ2n) is 8.61. The predicted molar refractivity (Wildman–Crippen MR) is 110 cm³/mol. The first kappa shape index (κ1) is 21.7. The van der Waals surface area contributed by atoms with E-state index in [9.17, 15) is 18.0 Å². The van der Waals surface area contributed by atoms with Crippen molar-refractivity contribution in [2.24, 2.45) is 0 Å². The Hall–Kier alpha value is -1.97. The molecule has 0 unspecified atom stereocenters. The second-order valence-corrected chi connectivity index (χ2v) is 10.6.